The molecule has 0 spiro atoms. The molecule has 0 bridgehead atoms. The molecule has 3 aromatic rings. The molecule has 0 unspecified atom stereocenters. The molecule has 2 aliphatic heterocycles. The lowest BCUT2D eigenvalue weighted by Gasteiger charge is -2.15. The van der Waals surface area contributed by atoms with E-state index in [1.807, 2.05) is 0 Å². The van der Waals surface area contributed by atoms with Crippen molar-refractivity contribution in [3.05, 3.63) is 46.1 Å². The number of benzene rings is 1. The molecule has 2 saturated heterocycles. The molecule has 2 fully saturated rings. The number of aromatic nitrogens is 3. The lowest BCUT2D eigenvalue weighted by molar-refractivity contribution is 0.00706. The van der Waals surface area contributed by atoms with Gasteiger partial charge in [0, 0.05) is 31.4 Å². The van der Waals surface area contributed by atoms with Gasteiger partial charge in [0.1, 0.15) is 35.7 Å². The molecular formula is C25H28ClF2N3O6. The average molecular weight is 540 g/mol. The molecule has 5 rings (SSSR count). The zero-order valence-electron chi connectivity index (χ0n) is 20.2. The summed E-state index contributed by atoms with van der Waals surface area (Å²) in [7, 11) is 1.62. The van der Waals surface area contributed by atoms with E-state index < -0.39 is 29.9 Å². The molecule has 2 aromatic heterocycles. The van der Waals surface area contributed by atoms with Crippen LogP contribution in [-0.4, -0.2) is 78.0 Å². The molecule has 4 atom stereocenters. The molecule has 4 heterocycles. The van der Waals surface area contributed by atoms with Gasteiger partial charge in [-0.2, -0.15) is 4.98 Å². The number of H-pyrrole nitrogens is 1. The van der Waals surface area contributed by atoms with Gasteiger partial charge in [-0.05, 0) is 31.7 Å². The first-order valence-corrected chi connectivity index (χ1v) is 12.5. The predicted molar refractivity (Wildman–Crippen MR) is 129 cm³/mol. The van der Waals surface area contributed by atoms with E-state index in [2.05, 4.69) is 15.0 Å². The molecule has 2 N–H and O–H groups in total. The van der Waals surface area contributed by atoms with Crippen LogP contribution < -0.4 is 9.47 Å². The Bertz CT molecular complexity index is 1220. The van der Waals surface area contributed by atoms with Crippen LogP contribution in [0.5, 0.6) is 11.8 Å². The second kappa shape index (κ2) is 11.4. The van der Waals surface area contributed by atoms with E-state index in [1.54, 1.807) is 13.2 Å². The highest BCUT2D eigenvalue weighted by Crippen LogP contribution is 2.30. The summed E-state index contributed by atoms with van der Waals surface area (Å²) < 4.78 is 56.8. The van der Waals surface area contributed by atoms with Crippen molar-refractivity contribution in [3.63, 3.8) is 0 Å². The van der Waals surface area contributed by atoms with Crippen LogP contribution in [0.15, 0.2) is 18.2 Å². The fourth-order valence-electron chi connectivity index (χ4n) is 4.54. The number of aliphatic hydroxyl groups excluding tert-OH is 1. The Labute approximate surface area is 217 Å². The highest BCUT2D eigenvalue weighted by atomic mass is 35.5. The molecular weight excluding hydrogens is 512 g/mol. The molecule has 12 heteroatoms. The standard InChI is InChI=1S/C25H28ClF2N3O6/c1-33-6-2-3-7-34-13-8-16(27)14(17(28)9-13)4-5-18-15(26)10-19-24(29-18)31-25(30-19)37-21-12-36-22-20(32)11-35-23(21)22/h8-10,20-23,32H,2-7,11-12H2,1H3,(H,29,30,31)/t20-,21-,22-,23-/m1/s1. The van der Waals surface area contributed by atoms with E-state index in [-0.39, 0.29) is 49.5 Å². The van der Waals surface area contributed by atoms with E-state index in [1.165, 1.54) is 12.1 Å². The number of fused-ring (bicyclic) bond motifs is 2. The molecule has 0 amide bonds. The van der Waals surface area contributed by atoms with Gasteiger partial charge in [0.05, 0.1) is 36.1 Å². The maximum absolute atomic E-state index is 14.6. The summed E-state index contributed by atoms with van der Waals surface area (Å²) in [4.78, 5) is 11.8. The molecule has 200 valence electrons. The van der Waals surface area contributed by atoms with Gasteiger partial charge in [-0.25, -0.2) is 13.8 Å². The topological polar surface area (TPSA) is 108 Å². The summed E-state index contributed by atoms with van der Waals surface area (Å²) in [5.74, 6) is -1.22. The van der Waals surface area contributed by atoms with Crippen LogP contribution >= 0.6 is 11.6 Å². The van der Waals surface area contributed by atoms with Crippen LogP contribution in [0.3, 0.4) is 0 Å². The van der Waals surface area contributed by atoms with Crippen molar-refractivity contribution >= 4 is 22.8 Å². The molecule has 0 aliphatic carbocycles. The van der Waals surface area contributed by atoms with Crippen molar-refractivity contribution in [2.24, 2.45) is 0 Å². The summed E-state index contributed by atoms with van der Waals surface area (Å²) in [6.07, 6.45) is -0.131. The third kappa shape index (κ3) is 5.80. The zero-order valence-corrected chi connectivity index (χ0v) is 21.0. The molecule has 1 aromatic carbocycles. The van der Waals surface area contributed by atoms with Crippen LogP contribution in [0.4, 0.5) is 8.78 Å². The Morgan fingerprint density at radius 2 is 1.81 bits per heavy atom. The van der Waals surface area contributed by atoms with Crippen molar-refractivity contribution in [2.75, 3.05) is 33.5 Å². The summed E-state index contributed by atoms with van der Waals surface area (Å²) in [6, 6.07) is 4.24. The van der Waals surface area contributed by atoms with E-state index in [0.717, 1.165) is 12.8 Å². The van der Waals surface area contributed by atoms with E-state index in [9.17, 15) is 13.9 Å². The Morgan fingerprint density at radius 3 is 2.59 bits per heavy atom. The largest absolute Gasteiger partial charge is 0.493 e. The number of halogens is 3. The number of ether oxygens (including phenoxy) is 5. The zero-order chi connectivity index (χ0) is 25.9. The number of aromatic amines is 1. The quantitative estimate of drug-likeness (QED) is 0.357. The van der Waals surface area contributed by atoms with Crippen molar-refractivity contribution in [2.45, 2.75) is 50.1 Å². The number of hydrogen-bond donors (Lipinski definition) is 2. The molecule has 9 nitrogen and oxygen atoms in total. The average Bonchev–Trinajstić information content (AvgIpc) is 3.55. The number of methoxy groups -OCH3 is 1. The lowest BCUT2D eigenvalue weighted by atomic mass is 10.1. The summed E-state index contributed by atoms with van der Waals surface area (Å²) in [5.41, 5.74) is 1.30. The third-order valence-corrected chi connectivity index (χ3v) is 6.79. The number of nitrogens with zero attached hydrogens (tertiary/aromatic N) is 2. The van der Waals surface area contributed by atoms with Crippen LogP contribution in [-0.2, 0) is 27.1 Å². The fraction of sp³-hybridized carbons (Fsp3) is 0.520. The highest BCUT2D eigenvalue weighted by Gasteiger charge is 2.48. The van der Waals surface area contributed by atoms with Gasteiger partial charge in [0.15, 0.2) is 11.8 Å². The number of aliphatic hydroxyl groups is 1. The summed E-state index contributed by atoms with van der Waals surface area (Å²) >= 11 is 6.40. The third-order valence-electron chi connectivity index (χ3n) is 6.46. The van der Waals surface area contributed by atoms with E-state index in [0.29, 0.717) is 35.1 Å². The van der Waals surface area contributed by atoms with E-state index >= 15 is 0 Å². The molecule has 2 aliphatic rings. The van der Waals surface area contributed by atoms with Crippen LogP contribution in [0.1, 0.15) is 24.1 Å². The van der Waals surface area contributed by atoms with E-state index in [4.69, 9.17) is 35.3 Å². The van der Waals surface area contributed by atoms with Gasteiger partial charge >= 0.3 is 0 Å². The van der Waals surface area contributed by atoms with Crippen LogP contribution in [0.25, 0.3) is 11.2 Å². The number of aryl methyl sites for hydroxylation is 1. The van der Waals surface area contributed by atoms with Gasteiger partial charge < -0.3 is 33.8 Å². The first-order chi connectivity index (χ1) is 17.9. The fourth-order valence-corrected chi connectivity index (χ4v) is 4.78. The molecule has 0 radical (unpaired) electrons. The second-order valence-corrected chi connectivity index (χ2v) is 9.47. The normalized spacial score (nSPS) is 23.1. The first kappa shape index (κ1) is 26.1. The van der Waals surface area contributed by atoms with Gasteiger partial charge in [0.25, 0.3) is 6.01 Å². The number of hydrogen-bond acceptors (Lipinski definition) is 8. The molecule has 0 saturated carbocycles. The first-order valence-electron chi connectivity index (χ1n) is 12.2. The SMILES string of the molecule is COCCCCOc1cc(F)c(CCc2nc3nc(O[C@@H]4CO[C@H]5[C@@H]4OC[C@H]5O)[nH]c3cc2Cl)c(F)c1. The second-order valence-electron chi connectivity index (χ2n) is 9.06. The number of unbranched alkanes of at least 4 members (excludes halogenated alkanes) is 1. The minimum absolute atomic E-state index is 0.0555. The highest BCUT2D eigenvalue weighted by molar-refractivity contribution is 6.31. The van der Waals surface area contributed by atoms with Gasteiger partial charge in [-0.1, -0.05) is 11.6 Å². The minimum Gasteiger partial charge on any atom is -0.493 e. The van der Waals surface area contributed by atoms with Crippen molar-refractivity contribution in [1.29, 1.82) is 0 Å². The summed E-state index contributed by atoms with van der Waals surface area (Å²) in [5, 5.41) is 10.2. The smallest absolute Gasteiger partial charge is 0.296 e. The van der Waals surface area contributed by atoms with Crippen LogP contribution in [0.2, 0.25) is 5.02 Å². The number of nitrogens with one attached hydrogen (secondary N) is 1. The number of pyridine rings is 1. The monoisotopic (exact) mass is 539 g/mol. The maximum atomic E-state index is 14.6. The van der Waals surface area contributed by atoms with Gasteiger partial charge in [0.2, 0.25) is 0 Å². The predicted octanol–water partition coefficient (Wildman–Crippen LogP) is 3.39. The van der Waals surface area contributed by atoms with Gasteiger partial charge in [-0.15, -0.1) is 0 Å². The Morgan fingerprint density at radius 1 is 1.05 bits per heavy atom. The van der Waals surface area contributed by atoms with Gasteiger partial charge in [-0.3, -0.25) is 0 Å². The summed E-state index contributed by atoms with van der Waals surface area (Å²) in [6.45, 7) is 1.41. The number of rotatable bonds is 11. The van der Waals surface area contributed by atoms with Crippen LogP contribution in [0, 0.1) is 11.6 Å². The molecule has 37 heavy (non-hydrogen) atoms. The van der Waals surface area contributed by atoms with Crippen molar-refractivity contribution < 1.29 is 37.6 Å². The van der Waals surface area contributed by atoms with Crippen molar-refractivity contribution in [1.82, 2.24) is 15.0 Å². The Hall–Kier alpha value is -2.57. The maximum Gasteiger partial charge on any atom is 0.296 e. The minimum atomic E-state index is -0.684. The lowest BCUT2D eigenvalue weighted by Crippen LogP contribution is -2.34. The Balaban J connectivity index is 1.22. The number of imidazole rings is 1. The Kier molecular flexibility index (Phi) is 8.06. The van der Waals surface area contributed by atoms with Crippen molar-refractivity contribution in [3.8, 4) is 11.8 Å².